The summed E-state index contributed by atoms with van der Waals surface area (Å²) in [6.07, 6.45) is 0. The van der Waals surface area contributed by atoms with Crippen molar-refractivity contribution in [3.63, 3.8) is 0 Å². The van der Waals surface area contributed by atoms with Gasteiger partial charge in [0, 0.05) is 16.6 Å². The maximum Gasteiger partial charge on any atom is 0.120 e. The highest BCUT2D eigenvalue weighted by Gasteiger charge is 2.15. The molecule has 0 fully saturated rings. The van der Waals surface area contributed by atoms with Gasteiger partial charge in [0.1, 0.15) is 5.75 Å². The van der Waals surface area contributed by atoms with Gasteiger partial charge in [-0.15, -0.1) is 0 Å². The van der Waals surface area contributed by atoms with E-state index in [0.29, 0.717) is 10.8 Å². The van der Waals surface area contributed by atoms with Crippen LogP contribution in [0.25, 0.3) is 0 Å². The molecule has 0 aliphatic carbocycles. The first-order valence-electron chi connectivity index (χ1n) is 5.32. The summed E-state index contributed by atoms with van der Waals surface area (Å²) in [7, 11) is 0. The van der Waals surface area contributed by atoms with E-state index in [4.69, 9.17) is 11.6 Å². The third-order valence-corrected chi connectivity index (χ3v) is 3.03. The molecule has 0 aliphatic heterocycles. The normalized spacial score (nSPS) is 13.1. The molecular weight excluding hydrogens is 210 g/mol. The second-order valence-corrected chi connectivity index (χ2v) is 4.04. The van der Waals surface area contributed by atoms with Crippen molar-refractivity contribution < 1.29 is 5.11 Å². The Labute approximate surface area is 96.5 Å². The minimum atomic E-state index is 0.193. The molecule has 3 heteroatoms. The third-order valence-electron chi connectivity index (χ3n) is 2.80. The molecule has 0 radical (unpaired) electrons. The average Bonchev–Trinajstić information content (AvgIpc) is 2.23. The molecule has 0 heterocycles. The molecule has 0 spiro atoms. The lowest BCUT2D eigenvalue weighted by Crippen LogP contribution is -2.26. The van der Waals surface area contributed by atoms with Crippen LogP contribution in [0.15, 0.2) is 18.2 Å². The Morgan fingerprint density at radius 2 is 1.93 bits per heavy atom. The highest BCUT2D eigenvalue weighted by Crippen LogP contribution is 2.30. The number of hydrogen-bond acceptors (Lipinski definition) is 2. The molecule has 0 aromatic heterocycles. The first-order chi connectivity index (χ1) is 7.10. The van der Waals surface area contributed by atoms with Gasteiger partial charge < -0.3 is 5.11 Å². The lowest BCUT2D eigenvalue weighted by atomic mass is 10.1. The summed E-state index contributed by atoms with van der Waals surface area (Å²) in [6.45, 7) is 8.23. The number of rotatable bonds is 4. The SMILES string of the molecule is CCN(CC)C(C)c1cc(Cl)ccc1O. The standard InChI is InChI=1S/C12H18ClNO/c1-4-14(5-2)9(3)11-8-10(13)6-7-12(11)15/h6-9,15H,4-5H2,1-3H3. The predicted molar refractivity (Wildman–Crippen MR) is 64.5 cm³/mol. The molecule has 2 nitrogen and oxygen atoms in total. The fourth-order valence-corrected chi connectivity index (χ4v) is 2.01. The van der Waals surface area contributed by atoms with Gasteiger partial charge in [-0.25, -0.2) is 0 Å². The van der Waals surface area contributed by atoms with Crippen molar-refractivity contribution in [3.8, 4) is 5.75 Å². The van der Waals surface area contributed by atoms with Crippen LogP contribution >= 0.6 is 11.6 Å². The molecule has 1 unspecified atom stereocenters. The Kier molecular flexibility index (Phi) is 4.43. The fourth-order valence-electron chi connectivity index (χ4n) is 1.83. The van der Waals surface area contributed by atoms with Gasteiger partial charge in [-0.05, 0) is 38.2 Å². The smallest absolute Gasteiger partial charge is 0.120 e. The number of nitrogens with zero attached hydrogens (tertiary/aromatic N) is 1. The minimum absolute atomic E-state index is 0.193. The predicted octanol–water partition coefficient (Wildman–Crippen LogP) is 3.45. The van der Waals surface area contributed by atoms with Crippen LogP contribution in [0.5, 0.6) is 5.75 Å². The summed E-state index contributed by atoms with van der Waals surface area (Å²) in [4.78, 5) is 2.27. The van der Waals surface area contributed by atoms with Gasteiger partial charge in [-0.2, -0.15) is 0 Å². The van der Waals surface area contributed by atoms with E-state index in [2.05, 4.69) is 25.7 Å². The van der Waals surface area contributed by atoms with Crippen LogP contribution in [0.3, 0.4) is 0 Å². The third kappa shape index (κ3) is 2.86. The summed E-state index contributed by atoms with van der Waals surface area (Å²) in [5, 5.41) is 10.4. The number of phenolic OH excluding ortho intramolecular Hbond substituents is 1. The molecule has 84 valence electrons. The summed E-state index contributed by atoms with van der Waals surface area (Å²) in [5.41, 5.74) is 0.895. The monoisotopic (exact) mass is 227 g/mol. The number of benzene rings is 1. The van der Waals surface area contributed by atoms with E-state index in [0.717, 1.165) is 18.7 Å². The fraction of sp³-hybridized carbons (Fsp3) is 0.500. The molecule has 0 saturated heterocycles. The molecule has 15 heavy (non-hydrogen) atoms. The van der Waals surface area contributed by atoms with E-state index in [1.165, 1.54) is 0 Å². The van der Waals surface area contributed by atoms with Gasteiger partial charge in [0.15, 0.2) is 0 Å². The Morgan fingerprint density at radius 1 is 1.33 bits per heavy atom. The van der Waals surface area contributed by atoms with Gasteiger partial charge in [0.05, 0.1) is 0 Å². The van der Waals surface area contributed by atoms with Crippen molar-refractivity contribution >= 4 is 11.6 Å². The Balaban J connectivity index is 2.98. The molecular formula is C12H18ClNO. The molecule has 1 atom stereocenters. The molecule has 0 bridgehead atoms. The van der Waals surface area contributed by atoms with E-state index < -0.39 is 0 Å². The van der Waals surface area contributed by atoms with Crippen LogP contribution in [0.4, 0.5) is 0 Å². The number of phenols is 1. The molecule has 1 N–H and O–H groups in total. The molecule has 1 aromatic rings. The molecule has 0 aliphatic rings. The van der Waals surface area contributed by atoms with Crippen molar-refractivity contribution in [1.29, 1.82) is 0 Å². The molecule has 0 saturated carbocycles. The highest BCUT2D eigenvalue weighted by molar-refractivity contribution is 6.30. The van der Waals surface area contributed by atoms with Gasteiger partial charge >= 0.3 is 0 Å². The van der Waals surface area contributed by atoms with Crippen LogP contribution < -0.4 is 0 Å². The van der Waals surface area contributed by atoms with Crippen LogP contribution in [0.1, 0.15) is 32.4 Å². The largest absolute Gasteiger partial charge is 0.508 e. The second-order valence-electron chi connectivity index (χ2n) is 3.60. The Hall–Kier alpha value is -0.730. The van der Waals surface area contributed by atoms with Crippen LogP contribution in [-0.2, 0) is 0 Å². The van der Waals surface area contributed by atoms with E-state index in [1.54, 1.807) is 12.1 Å². The van der Waals surface area contributed by atoms with Crippen molar-refractivity contribution in [2.45, 2.75) is 26.8 Å². The van der Waals surface area contributed by atoms with E-state index in [9.17, 15) is 5.11 Å². The maximum absolute atomic E-state index is 9.76. The zero-order chi connectivity index (χ0) is 11.4. The summed E-state index contributed by atoms with van der Waals surface area (Å²) >= 11 is 5.92. The molecule has 0 amide bonds. The van der Waals surface area contributed by atoms with E-state index in [1.807, 2.05) is 6.07 Å². The van der Waals surface area contributed by atoms with Gasteiger partial charge in [-0.3, -0.25) is 4.90 Å². The molecule has 1 rings (SSSR count). The quantitative estimate of drug-likeness (QED) is 0.852. The second kappa shape index (κ2) is 5.38. The van der Waals surface area contributed by atoms with Gasteiger partial charge in [0.25, 0.3) is 0 Å². The van der Waals surface area contributed by atoms with Gasteiger partial charge in [-0.1, -0.05) is 25.4 Å². The van der Waals surface area contributed by atoms with Crippen molar-refractivity contribution in [2.24, 2.45) is 0 Å². The molecule has 1 aromatic carbocycles. The lowest BCUT2D eigenvalue weighted by molar-refractivity contribution is 0.230. The van der Waals surface area contributed by atoms with Crippen molar-refractivity contribution in [2.75, 3.05) is 13.1 Å². The number of aromatic hydroxyl groups is 1. The summed E-state index contributed by atoms with van der Waals surface area (Å²) in [5.74, 6) is 0.318. The van der Waals surface area contributed by atoms with Crippen molar-refractivity contribution in [1.82, 2.24) is 4.90 Å². The Morgan fingerprint density at radius 3 is 2.47 bits per heavy atom. The summed E-state index contributed by atoms with van der Waals surface area (Å²) in [6, 6.07) is 5.38. The van der Waals surface area contributed by atoms with Gasteiger partial charge in [0.2, 0.25) is 0 Å². The van der Waals surface area contributed by atoms with E-state index >= 15 is 0 Å². The van der Waals surface area contributed by atoms with E-state index in [-0.39, 0.29) is 6.04 Å². The maximum atomic E-state index is 9.76. The van der Waals surface area contributed by atoms with Crippen LogP contribution in [-0.4, -0.2) is 23.1 Å². The zero-order valence-electron chi connectivity index (χ0n) is 9.50. The Bertz CT molecular complexity index is 323. The van der Waals surface area contributed by atoms with Crippen LogP contribution in [0.2, 0.25) is 5.02 Å². The topological polar surface area (TPSA) is 23.5 Å². The summed E-state index contributed by atoms with van der Waals surface area (Å²) < 4.78 is 0. The van der Waals surface area contributed by atoms with Crippen molar-refractivity contribution in [3.05, 3.63) is 28.8 Å². The minimum Gasteiger partial charge on any atom is -0.508 e. The number of hydrogen-bond donors (Lipinski definition) is 1. The first kappa shape index (κ1) is 12.3. The first-order valence-corrected chi connectivity index (χ1v) is 5.70. The highest BCUT2D eigenvalue weighted by atomic mass is 35.5. The number of halogens is 1. The zero-order valence-corrected chi connectivity index (χ0v) is 10.3. The van der Waals surface area contributed by atoms with Crippen LogP contribution in [0, 0.1) is 0 Å². The lowest BCUT2D eigenvalue weighted by Gasteiger charge is -2.27. The average molecular weight is 228 g/mol.